The lowest BCUT2D eigenvalue weighted by atomic mass is 9.88. The Balaban J connectivity index is 2.46. The zero-order valence-corrected chi connectivity index (χ0v) is 33.0. The van der Waals surface area contributed by atoms with E-state index in [4.69, 9.17) is 28.4 Å². The van der Waals surface area contributed by atoms with Gasteiger partial charge in [0.1, 0.15) is 11.3 Å². The van der Waals surface area contributed by atoms with Gasteiger partial charge in [0.25, 0.3) is 5.60 Å². The summed E-state index contributed by atoms with van der Waals surface area (Å²) in [5.41, 5.74) is -1.86. The standard InChI is InChI=1S/C38H54N3O9P/c1-23(2)40(24(3)4)51(32-30(34(43)47-9)31(35(44)48-10)38(50-12,33(32)42)36(45)49-11)39-29(37(5,6)7)22-28(25-18-20-27(46-8)21-19-25)41(51)26-16-14-13-15-17-26/h18-24,26H,13-17H2,1-12H3/t38-,51-/m1/s1. The molecule has 1 heterocycles. The molecule has 3 aliphatic rings. The number of carbonyl (C=O) groups is 4. The molecule has 0 radical (unpaired) electrons. The highest BCUT2D eigenvalue weighted by Crippen LogP contribution is 2.69. The number of esters is 3. The predicted molar refractivity (Wildman–Crippen MR) is 198 cm³/mol. The van der Waals surface area contributed by atoms with Crippen LogP contribution >= 0.6 is 7.34 Å². The molecule has 1 aromatic rings. The topological polar surface area (TPSA) is 133 Å². The molecule has 12 nitrogen and oxygen atoms in total. The van der Waals surface area contributed by atoms with Gasteiger partial charge in [0, 0.05) is 36.4 Å². The van der Waals surface area contributed by atoms with Gasteiger partial charge in [0.05, 0.1) is 45.0 Å². The zero-order chi connectivity index (χ0) is 38.1. The fourth-order valence-electron chi connectivity index (χ4n) is 7.58. The lowest BCUT2D eigenvalue weighted by Crippen LogP contribution is -2.53. The zero-order valence-electron chi connectivity index (χ0n) is 32.1. The highest BCUT2D eigenvalue weighted by molar-refractivity contribution is 7.74. The van der Waals surface area contributed by atoms with Crippen LogP contribution in [-0.2, 0) is 38.1 Å². The molecule has 2 atom stereocenters. The van der Waals surface area contributed by atoms with Gasteiger partial charge in [0.15, 0.2) is 7.34 Å². The van der Waals surface area contributed by atoms with E-state index in [9.17, 15) is 14.4 Å². The van der Waals surface area contributed by atoms with E-state index < -0.39 is 53.2 Å². The summed E-state index contributed by atoms with van der Waals surface area (Å²) in [4.78, 5) is 57.7. The number of hydrogen-bond acceptors (Lipinski definition) is 12. The molecule has 51 heavy (non-hydrogen) atoms. The van der Waals surface area contributed by atoms with Gasteiger partial charge in [-0.05, 0) is 76.4 Å². The summed E-state index contributed by atoms with van der Waals surface area (Å²) in [6.07, 6.45) is 6.58. The van der Waals surface area contributed by atoms with E-state index in [-0.39, 0.29) is 23.4 Å². The normalized spacial score (nSPS) is 23.2. The molecule has 0 bridgehead atoms. The number of nitrogens with zero attached hydrogens (tertiary/aromatic N) is 3. The second-order valence-electron chi connectivity index (χ2n) is 14.6. The van der Waals surface area contributed by atoms with Crippen molar-refractivity contribution < 1.29 is 42.9 Å². The lowest BCUT2D eigenvalue weighted by Gasteiger charge is -2.55. The SMILES string of the molecule is COC(=O)C1=C(C(=O)OC)[C@](OC)(C(=O)OC)C(=O)C1=[P@]1(N(C(C)C)C(C)C)N=C(C(C)(C)C)C=C(c2ccc(OC)cc2)N1C1CCCCC1. The van der Waals surface area contributed by atoms with Crippen LogP contribution in [0, 0.1) is 5.41 Å². The molecule has 280 valence electrons. The Bertz CT molecular complexity index is 1690. The molecule has 1 aliphatic heterocycles. The third-order valence-electron chi connectivity index (χ3n) is 9.75. The number of ether oxygens (including phenoxy) is 5. The fraction of sp³-hybridized carbons (Fsp3) is 0.579. The maximum Gasteiger partial charge on any atom is 0.351 e. The predicted octanol–water partition coefficient (Wildman–Crippen LogP) is 6.01. The Morgan fingerprint density at radius 2 is 1.45 bits per heavy atom. The quantitative estimate of drug-likeness (QED) is 0.122. The monoisotopic (exact) mass is 727 g/mol. The first-order chi connectivity index (χ1) is 24.0. The highest BCUT2D eigenvalue weighted by atomic mass is 31.2. The van der Waals surface area contributed by atoms with Gasteiger partial charge < -0.3 is 28.4 Å². The second kappa shape index (κ2) is 15.5. The Hall–Kier alpha value is -3.73. The molecule has 0 unspecified atom stereocenters. The molecular formula is C38H54N3O9P. The minimum Gasteiger partial charge on any atom is -0.497 e. The van der Waals surface area contributed by atoms with Crippen molar-refractivity contribution >= 4 is 47.7 Å². The first kappa shape index (κ1) is 40.0. The molecule has 1 fully saturated rings. The van der Waals surface area contributed by atoms with Gasteiger partial charge in [-0.1, -0.05) is 40.0 Å². The van der Waals surface area contributed by atoms with Crippen LogP contribution < -0.4 is 4.74 Å². The van der Waals surface area contributed by atoms with E-state index in [1.807, 2.05) is 72.7 Å². The molecule has 0 amide bonds. The van der Waals surface area contributed by atoms with Crippen molar-refractivity contribution in [3.05, 3.63) is 47.1 Å². The van der Waals surface area contributed by atoms with Crippen molar-refractivity contribution in [2.24, 2.45) is 10.2 Å². The average molecular weight is 728 g/mol. The van der Waals surface area contributed by atoms with Gasteiger partial charge in [-0.3, -0.25) is 4.79 Å². The van der Waals surface area contributed by atoms with Crippen molar-refractivity contribution in [1.29, 1.82) is 0 Å². The van der Waals surface area contributed by atoms with Gasteiger partial charge in [-0.15, -0.1) is 0 Å². The van der Waals surface area contributed by atoms with Crippen LogP contribution in [0.25, 0.3) is 5.70 Å². The summed E-state index contributed by atoms with van der Waals surface area (Å²) in [6.45, 7) is 14.2. The maximum absolute atomic E-state index is 15.6. The number of carbonyl (C=O) groups excluding carboxylic acids is 4. The van der Waals surface area contributed by atoms with E-state index in [2.05, 4.69) is 15.4 Å². The first-order valence-corrected chi connectivity index (χ1v) is 19.1. The molecular weight excluding hydrogens is 673 g/mol. The molecule has 4 rings (SSSR count). The average Bonchev–Trinajstić information content (AvgIpc) is 3.39. The van der Waals surface area contributed by atoms with Crippen molar-refractivity contribution in [3.8, 4) is 5.75 Å². The number of allylic oxidation sites excluding steroid dienone is 1. The van der Waals surface area contributed by atoms with Crippen LogP contribution in [0.5, 0.6) is 5.75 Å². The number of benzene rings is 1. The van der Waals surface area contributed by atoms with E-state index in [1.165, 1.54) is 0 Å². The number of rotatable bonds is 10. The first-order valence-electron chi connectivity index (χ1n) is 17.4. The number of hydrogen-bond donors (Lipinski definition) is 0. The van der Waals surface area contributed by atoms with Crippen molar-refractivity contribution in [2.45, 2.75) is 104 Å². The van der Waals surface area contributed by atoms with Crippen molar-refractivity contribution in [3.63, 3.8) is 0 Å². The molecule has 0 spiro atoms. The van der Waals surface area contributed by atoms with Gasteiger partial charge >= 0.3 is 17.9 Å². The number of ketones is 1. The summed E-state index contributed by atoms with van der Waals surface area (Å²) in [5, 5.41) is -0.115. The summed E-state index contributed by atoms with van der Waals surface area (Å²) in [6, 6.07) is 7.08. The van der Waals surface area contributed by atoms with Crippen LogP contribution in [0.1, 0.15) is 86.1 Å². The molecule has 0 saturated heterocycles. The fourth-order valence-corrected chi connectivity index (χ4v) is 12.6. The second-order valence-corrected chi connectivity index (χ2v) is 17.2. The Morgan fingerprint density at radius 1 is 0.882 bits per heavy atom. The highest BCUT2D eigenvalue weighted by Gasteiger charge is 2.66. The largest absolute Gasteiger partial charge is 0.497 e. The van der Waals surface area contributed by atoms with E-state index in [0.29, 0.717) is 11.5 Å². The van der Waals surface area contributed by atoms with Crippen LogP contribution in [0.4, 0.5) is 0 Å². The summed E-state index contributed by atoms with van der Waals surface area (Å²) in [7, 11) is 2.34. The Kier molecular flexibility index (Phi) is 12.2. The van der Waals surface area contributed by atoms with Crippen LogP contribution in [0.3, 0.4) is 0 Å². The minimum atomic E-state index is -3.77. The molecule has 13 heteroatoms. The van der Waals surface area contributed by atoms with Crippen LogP contribution in [0.15, 0.2) is 46.3 Å². The number of Topliss-reactive ketones (excluding diaryl/α,β-unsaturated/α-hetero) is 1. The third kappa shape index (κ3) is 6.71. The summed E-state index contributed by atoms with van der Waals surface area (Å²) >= 11 is 0. The molecule has 1 aromatic carbocycles. The van der Waals surface area contributed by atoms with Gasteiger partial charge in [-0.2, -0.15) is 0 Å². The van der Waals surface area contributed by atoms with Crippen molar-refractivity contribution in [2.75, 3.05) is 35.5 Å². The van der Waals surface area contributed by atoms with E-state index in [0.717, 1.165) is 71.8 Å². The van der Waals surface area contributed by atoms with Crippen molar-refractivity contribution in [1.82, 2.24) is 9.34 Å². The minimum absolute atomic E-state index is 0.115. The summed E-state index contributed by atoms with van der Waals surface area (Å²) in [5.74, 6) is -3.50. The smallest absolute Gasteiger partial charge is 0.351 e. The van der Waals surface area contributed by atoms with E-state index in [1.54, 1.807) is 7.11 Å². The van der Waals surface area contributed by atoms with Gasteiger partial charge in [0.2, 0.25) is 5.78 Å². The summed E-state index contributed by atoms with van der Waals surface area (Å²) < 4.78 is 37.2. The van der Waals surface area contributed by atoms with E-state index >= 15 is 4.79 Å². The third-order valence-corrected chi connectivity index (χ3v) is 14.0. The van der Waals surface area contributed by atoms with Gasteiger partial charge in [-0.25, -0.2) is 23.8 Å². The Labute approximate surface area is 302 Å². The van der Waals surface area contributed by atoms with Crippen LogP contribution in [0.2, 0.25) is 0 Å². The molecule has 0 N–H and O–H groups in total. The molecule has 2 aliphatic carbocycles. The maximum atomic E-state index is 15.6. The van der Waals surface area contributed by atoms with Crippen LogP contribution in [-0.4, -0.2) is 103 Å². The number of methoxy groups -OCH3 is 5. The molecule has 0 aromatic heterocycles. The Morgan fingerprint density at radius 3 is 1.90 bits per heavy atom. The lowest BCUT2D eigenvalue weighted by molar-refractivity contribution is -0.167. The molecule has 1 saturated carbocycles.